The molecule has 1 unspecified atom stereocenters. The Kier molecular flexibility index (Phi) is 6.77. The highest BCUT2D eigenvalue weighted by Gasteiger charge is 2.15. The van der Waals surface area contributed by atoms with Crippen LogP contribution in [0.3, 0.4) is 0 Å². The van der Waals surface area contributed by atoms with Gasteiger partial charge in [0.1, 0.15) is 0 Å². The average molecular weight is 295 g/mol. The van der Waals surface area contributed by atoms with Crippen LogP contribution in [0.1, 0.15) is 24.1 Å². The van der Waals surface area contributed by atoms with Gasteiger partial charge in [-0.3, -0.25) is 14.9 Å². The van der Waals surface area contributed by atoms with Gasteiger partial charge in [-0.05, 0) is 19.4 Å². The molecule has 1 amide bonds. The van der Waals surface area contributed by atoms with Crippen molar-refractivity contribution in [2.45, 2.75) is 19.9 Å². The van der Waals surface area contributed by atoms with Crippen LogP contribution in [0.25, 0.3) is 0 Å². The lowest BCUT2D eigenvalue weighted by Crippen LogP contribution is -2.36. The van der Waals surface area contributed by atoms with Gasteiger partial charge < -0.3 is 15.4 Å². The molecule has 21 heavy (non-hydrogen) atoms. The topological polar surface area (TPSA) is 93.5 Å². The molecular formula is C14H21N3O4. The van der Waals surface area contributed by atoms with Crippen molar-refractivity contribution in [1.29, 1.82) is 0 Å². The minimum atomic E-state index is -0.417. The molecule has 0 aromatic heterocycles. The predicted octanol–water partition coefficient (Wildman–Crippen LogP) is 1.32. The lowest BCUT2D eigenvalue weighted by Gasteiger charge is -2.15. The molecule has 1 atom stereocenters. The first-order valence-corrected chi connectivity index (χ1v) is 6.69. The minimum absolute atomic E-state index is 0.0619. The zero-order valence-corrected chi connectivity index (χ0v) is 12.5. The van der Waals surface area contributed by atoms with E-state index in [0.717, 1.165) is 0 Å². The minimum Gasteiger partial charge on any atom is -0.383 e. The second-order valence-electron chi connectivity index (χ2n) is 4.76. The first-order valence-electron chi connectivity index (χ1n) is 6.69. The molecule has 1 rings (SSSR count). The van der Waals surface area contributed by atoms with Gasteiger partial charge in [0, 0.05) is 25.3 Å². The molecule has 7 heteroatoms. The Morgan fingerprint density at radius 3 is 2.81 bits per heavy atom. The van der Waals surface area contributed by atoms with Gasteiger partial charge in [0.25, 0.3) is 5.69 Å². The summed E-state index contributed by atoms with van der Waals surface area (Å²) >= 11 is 0. The Morgan fingerprint density at radius 2 is 2.19 bits per heavy atom. The maximum absolute atomic E-state index is 11.7. The Morgan fingerprint density at radius 1 is 1.48 bits per heavy atom. The first-order chi connectivity index (χ1) is 9.95. The maximum atomic E-state index is 11.7. The molecule has 7 nitrogen and oxygen atoms in total. The van der Waals surface area contributed by atoms with E-state index < -0.39 is 4.92 Å². The molecule has 2 N–H and O–H groups in total. The second kappa shape index (κ2) is 8.33. The zero-order chi connectivity index (χ0) is 15.8. The number of aryl methyl sites for hydroxylation is 1. The number of rotatable bonds is 8. The molecule has 0 bridgehead atoms. The Bertz CT molecular complexity index is 505. The van der Waals surface area contributed by atoms with Crippen LogP contribution in [-0.2, 0) is 9.53 Å². The average Bonchev–Trinajstić information content (AvgIpc) is 2.43. The Balaban J connectivity index is 2.59. The molecule has 0 saturated heterocycles. The van der Waals surface area contributed by atoms with Gasteiger partial charge in [-0.15, -0.1) is 0 Å². The van der Waals surface area contributed by atoms with Gasteiger partial charge in [0.15, 0.2) is 0 Å². The van der Waals surface area contributed by atoms with E-state index >= 15 is 0 Å². The van der Waals surface area contributed by atoms with Crippen molar-refractivity contribution >= 4 is 11.6 Å². The zero-order valence-electron chi connectivity index (χ0n) is 12.5. The summed E-state index contributed by atoms with van der Waals surface area (Å²) in [5.41, 5.74) is 1.37. The number of hydrogen-bond acceptors (Lipinski definition) is 5. The summed E-state index contributed by atoms with van der Waals surface area (Å²) in [4.78, 5) is 22.2. The van der Waals surface area contributed by atoms with Gasteiger partial charge in [0.05, 0.1) is 24.1 Å². The number of carbonyl (C=O) groups is 1. The number of hydrogen-bond donors (Lipinski definition) is 2. The van der Waals surface area contributed by atoms with Crippen molar-refractivity contribution in [3.05, 3.63) is 39.4 Å². The lowest BCUT2D eigenvalue weighted by atomic mass is 10.0. The third kappa shape index (κ3) is 5.49. The van der Waals surface area contributed by atoms with Crippen molar-refractivity contribution in [3.8, 4) is 0 Å². The molecule has 0 fully saturated rings. The van der Waals surface area contributed by atoms with E-state index in [0.29, 0.717) is 24.3 Å². The number of amides is 1. The van der Waals surface area contributed by atoms with Crippen LogP contribution in [0.15, 0.2) is 18.2 Å². The summed E-state index contributed by atoms with van der Waals surface area (Å²) in [5, 5.41) is 16.6. The summed E-state index contributed by atoms with van der Waals surface area (Å²) in [6, 6.07) is 4.68. The number of nitro groups is 1. The molecule has 0 aliphatic rings. The van der Waals surface area contributed by atoms with Gasteiger partial charge in [-0.25, -0.2) is 0 Å². The van der Waals surface area contributed by atoms with Gasteiger partial charge in [-0.1, -0.05) is 12.1 Å². The van der Waals surface area contributed by atoms with Crippen LogP contribution in [0.2, 0.25) is 0 Å². The summed E-state index contributed by atoms with van der Waals surface area (Å²) in [6.45, 7) is 4.79. The van der Waals surface area contributed by atoms with Gasteiger partial charge in [-0.2, -0.15) is 0 Å². The van der Waals surface area contributed by atoms with E-state index in [2.05, 4.69) is 10.6 Å². The Labute approximate surface area is 123 Å². The van der Waals surface area contributed by atoms with Crippen molar-refractivity contribution in [2.24, 2.45) is 0 Å². The van der Waals surface area contributed by atoms with Gasteiger partial charge in [0.2, 0.25) is 5.91 Å². The SMILES string of the molecule is COCCNCC(=O)NC(C)c1ccc(C)c([N+](=O)[O-])c1. The van der Waals surface area contributed by atoms with Crippen molar-refractivity contribution < 1.29 is 14.5 Å². The van der Waals surface area contributed by atoms with E-state index in [4.69, 9.17) is 4.74 Å². The van der Waals surface area contributed by atoms with E-state index in [-0.39, 0.29) is 24.2 Å². The number of nitro benzene ring substituents is 1. The number of nitrogens with one attached hydrogen (secondary N) is 2. The molecule has 0 spiro atoms. The molecule has 0 aliphatic heterocycles. The van der Waals surface area contributed by atoms with Crippen molar-refractivity contribution in [3.63, 3.8) is 0 Å². The summed E-state index contributed by atoms with van der Waals surface area (Å²) in [7, 11) is 1.59. The van der Waals surface area contributed by atoms with E-state index in [1.165, 1.54) is 6.07 Å². The highest BCUT2D eigenvalue weighted by molar-refractivity contribution is 5.78. The fourth-order valence-electron chi connectivity index (χ4n) is 1.84. The third-order valence-corrected chi connectivity index (χ3v) is 3.08. The van der Waals surface area contributed by atoms with E-state index in [9.17, 15) is 14.9 Å². The second-order valence-corrected chi connectivity index (χ2v) is 4.76. The van der Waals surface area contributed by atoms with Crippen LogP contribution in [0.5, 0.6) is 0 Å². The summed E-state index contributed by atoms with van der Waals surface area (Å²) < 4.78 is 4.86. The van der Waals surface area contributed by atoms with Crippen LogP contribution in [0, 0.1) is 17.0 Å². The Hall–Kier alpha value is -1.99. The maximum Gasteiger partial charge on any atom is 0.272 e. The van der Waals surface area contributed by atoms with Crippen molar-refractivity contribution in [2.75, 3.05) is 26.8 Å². The van der Waals surface area contributed by atoms with E-state index in [1.54, 1.807) is 33.1 Å². The fraction of sp³-hybridized carbons (Fsp3) is 0.500. The molecule has 0 aliphatic carbocycles. The summed E-state index contributed by atoms with van der Waals surface area (Å²) in [5.74, 6) is -0.165. The highest BCUT2D eigenvalue weighted by atomic mass is 16.6. The van der Waals surface area contributed by atoms with Crippen LogP contribution >= 0.6 is 0 Å². The number of methoxy groups -OCH3 is 1. The van der Waals surface area contributed by atoms with Crippen LogP contribution in [0.4, 0.5) is 5.69 Å². The standard InChI is InChI=1S/C14H21N3O4/c1-10-4-5-12(8-13(10)17(19)20)11(2)16-14(18)9-15-6-7-21-3/h4-5,8,11,15H,6-7,9H2,1-3H3,(H,16,18). The van der Waals surface area contributed by atoms with Crippen LogP contribution < -0.4 is 10.6 Å². The quantitative estimate of drug-likeness (QED) is 0.428. The third-order valence-electron chi connectivity index (χ3n) is 3.08. The normalized spacial score (nSPS) is 12.0. The molecule has 1 aromatic rings. The highest BCUT2D eigenvalue weighted by Crippen LogP contribution is 2.23. The smallest absolute Gasteiger partial charge is 0.272 e. The largest absolute Gasteiger partial charge is 0.383 e. The number of nitrogens with zero attached hydrogens (tertiary/aromatic N) is 1. The predicted molar refractivity (Wildman–Crippen MR) is 79.1 cm³/mol. The summed E-state index contributed by atoms with van der Waals surface area (Å²) in [6.07, 6.45) is 0. The van der Waals surface area contributed by atoms with E-state index in [1.807, 2.05) is 0 Å². The molecule has 0 heterocycles. The first kappa shape index (κ1) is 17.1. The van der Waals surface area contributed by atoms with Crippen LogP contribution in [-0.4, -0.2) is 37.6 Å². The molecule has 116 valence electrons. The fourth-order valence-corrected chi connectivity index (χ4v) is 1.84. The number of ether oxygens (including phenoxy) is 1. The monoisotopic (exact) mass is 295 g/mol. The number of carbonyl (C=O) groups excluding carboxylic acids is 1. The van der Waals surface area contributed by atoms with Crippen molar-refractivity contribution in [1.82, 2.24) is 10.6 Å². The molecule has 0 saturated carbocycles. The molecule has 1 aromatic carbocycles. The van der Waals surface area contributed by atoms with Gasteiger partial charge >= 0.3 is 0 Å². The number of benzene rings is 1. The molecular weight excluding hydrogens is 274 g/mol. The molecule has 0 radical (unpaired) electrons. The lowest BCUT2D eigenvalue weighted by molar-refractivity contribution is -0.385.